The molecule has 0 N–H and O–H groups in total. The van der Waals surface area contributed by atoms with Gasteiger partial charge in [-0.1, -0.05) is 60.7 Å². The summed E-state index contributed by atoms with van der Waals surface area (Å²) in [6.45, 7) is 2.06. The number of hydrogen-bond donors (Lipinski definition) is 0. The van der Waals surface area contributed by atoms with E-state index < -0.39 is 0 Å². The lowest BCUT2D eigenvalue weighted by molar-refractivity contribution is 0.671. The van der Waals surface area contributed by atoms with E-state index in [2.05, 4.69) is 55.5 Å². The summed E-state index contributed by atoms with van der Waals surface area (Å²) in [5, 5.41) is 3.21. The Labute approximate surface area is 161 Å². The fraction of sp³-hybridized carbons (Fsp3) is 0.0400. The van der Waals surface area contributed by atoms with E-state index in [1.807, 2.05) is 30.3 Å². The van der Waals surface area contributed by atoms with E-state index in [-0.39, 0.29) is 0 Å². The topological polar surface area (TPSA) is 38.9 Å². The Hall–Kier alpha value is -3.72. The van der Waals surface area contributed by atoms with E-state index >= 15 is 0 Å². The first kappa shape index (κ1) is 15.3. The molecule has 0 aliphatic heterocycles. The van der Waals surface area contributed by atoms with Gasteiger partial charge in [0.15, 0.2) is 5.58 Å². The average Bonchev–Trinajstić information content (AvgIpc) is 3.12. The van der Waals surface area contributed by atoms with Crippen molar-refractivity contribution in [1.82, 2.24) is 9.97 Å². The molecule has 0 saturated carbocycles. The van der Waals surface area contributed by atoms with Crippen molar-refractivity contribution in [3.05, 3.63) is 84.6 Å². The van der Waals surface area contributed by atoms with E-state index in [4.69, 9.17) is 14.4 Å². The first-order valence-corrected chi connectivity index (χ1v) is 9.37. The van der Waals surface area contributed by atoms with Gasteiger partial charge in [-0.05, 0) is 30.7 Å². The molecule has 0 amide bonds. The highest BCUT2D eigenvalue weighted by atomic mass is 16.3. The van der Waals surface area contributed by atoms with Gasteiger partial charge in [0.05, 0.1) is 5.52 Å². The molecule has 0 aliphatic carbocycles. The summed E-state index contributed by atoms with van der Waals surface area (Å²) in [6, 6.07) is 26.8. The highest BCUT2D eigenvalue weighted by molar-refractivity contribution is 6.19. The second-order valence-corrected chi connectivity index (χ2v) is 7.07. The molecule has 3 aromatic heterocycles. The number of rotatable bonds is 1. The van der Waals surface area contributed by atoms with E-state index in [0.717, 1.165) is 60.7 Å². The molecule has 3 aromatic carbocycles. The number of benzene rings is 3. The number of aryl methyl sites for hydroxylation is 1. The number of aromatic nitrogens is 2. The molecule has 0 bridgehead atoms. The van der Waals surface area contributed by atoms with Gasteiger partial charge in [0.25, 0.3) is 0 Å². The van der Waals surface area contributed by atoms with Crippen LogP contribution < -0.4 is 0 Å². The molecule has 3 nitrogen and oxygen atoms in total. The lowest BCUT2D eigenvalue weighted by atomic mass is 9.95. The summed E-state index contributed by atoms with van der Waals surface area (Å²) in [7, 11) is 0. The standard InChI is InChI=1S/C25H16N2O/c1-15-21-22(16-9-3-2-4-10-16)17-11-5-7-13-19(17)27-24(21)25-23(26-15)18-12-6-8-14-20(18)28-25/h2-14H,1H3. The quantitative estimate of drug-likeness (QED) is 0.308. The van der Waals surface area contributed by atoms with Crippen molar-refractivity contribution in [3.63, 3.8) is 0 Å². The highest BCUT2D eigenvalue weighted by Gasteiger charge is 2.19. The molecule has 0 unspecified atom stereocenters. The molecule has 0 fully saturated rings. The van der Waals surface area contributed by atoms with Gasteiger partial charge in [-0.3, -0.25) is 0 Å². The third-order valence-electron chi connectivity index (χ3n) is 5.38. The fourth-order valence-corrected chi connectivity index (χ4v) is 4.16. The number of pyridine rings is 2. The first-order chi connectivity index (χ1) is 13.8. The highest BCUT2D eigenvalue weighted by Crippen LogP contribution is 2.40. The maximum atomic E-state index is 6.24. The molecular weight excluding hydrogens is 344 g/mol. The molecule has 0 saturated heterocycles. The average molecular weight is 360 g/mol. The van der Waals surface area contributed by atoms with Gasteiger partial charge in [0, 0.05) is 27.4 Å². The van der Waals surface area contributed by atoms with Gasteiger partial charge < -0.3 is 4.42 Å². The van der Waals surface area contributed by atoms with E-state index in [0.29, 0.717) is 0 Å². The maximum absolute atomic E-state index is 6.24. The molecule has 0 atom stereocenters. The minimum Gasteiger partial charge on any atom is -0.452 e. The normalized spacial score (nSPS) is 11.8. The Morgan fingerprint density at radius 2 is 1.39 bits per heavy atom. The van der Waals surface area contributed by atoms with Crippen molar-refractivity contribution < 1.29 is 4.42 Å². The Kier molecular flexibility index (Phi) is 3.09. The van der Waals surface area contributed by atoms with Crippen LogP contribution in [0.1, 0.15) is 5.69 Å². The lowest BCUT2D eigenvalue weighted by Crippen LogP contribution is -1.94. The van der Waals surface area contributed by atoms with Gasteiger partial charge in [0.1, 0.15) is 16.6 Å². The first-order valence-electron chi connectivity index (χ1n) is 9.37. The Morgan fingerprint density at radius 1 is 0.679 bits per heavy atom. The van der Waals surface area contributed by atoms with Crippen LogP contribution in [0.2, 0.25) is 0 Å². The predicted octanol–water partition coefficient (Wildman–Crippen LogP) is 6.66. The number of hydrogen-bond acceptors (Lipinski definition) is 3. The molecule has 6 rings (SSSR count). The van der Waals surface area contributed by atoms with Crippen molar-refractivity contribution in [3.8, 4) is 11.1 Å². The monoisotopic (exact) mass is 360 g/mol. The molecule has 0 spiro atoms. The van der Waals surface area contributed by atoms with Crippen molar-refractivity contribution in [2.45, 2.75) is 6.92 Å². The number of furan rings is 1. The van der Waals surface area contributed by atoms with Gasteiger partial charge in [-0.2, -0.15) is 0 Å². The second-order valence-electron chi connectivity index (χ2n) is 7.07. The van der Waals surface area contributed by atoms with Gasteiger partial charge in [-0.15, -0.1) is 0 Å². The van der Waals surface area contributed by atoms with Crippen LogP contribution in [0.3, 0.4) is 0 Å². The molecular formula is C25H16N2O. The van der Waals surface area contributed by atoms with Crippen LogP contribution in [0.4, 0.5) is 0 Å². The summed E-state index contributed by atoms with van der Waals surface area (Å²) in [6.07, 6.45) is 0. The molecule has 3 heteroatoms. The SMILES string of the molecule is Cc1nc2c3ccccc3oc2c2nc3ccccc3c(-c3ccccc3)c12. The van der Waals surface area contributed by atoms with Crippen LogP contribution in [0.25, 0.3) is 55.0 Å². The summed E-state index contributed by atoms with van der Waals surface area (Å²) >= 11 is 0. The van der Waals surface area contributed by atoms with Crippen LogP contribution in [0.15, 0.2) is 83.3 Å². The van der Waals surface area contributed by atoms with E-state index in [9.17, 15) is 0 Å². The van der Waals surface area contributed by atoms with Crippen molar-refractivity contribution >= 4 is 43.9 Å². The molecule has 3 heterocycles. The van der Waals surface area contributed by atoms with Crippen molar-refractivity contribution in [2.75, 3.05) is 0 Å². The molecule has 132 valence electrons. The van der Waals surface area contributed by atoms with Gasteiger partial charge in [0.2, 0.25) is 0 Å². The number of fused-ring (bicyclic) bond motifs is 6. The third kappa shape index (κ3) is 2.04. The number of nitrogens with zero attached hydrogens (tertiary/aromatic N) is 2. The van der Waals surface area contributed by atoms with Crippen LogP contribution >= 0.6 is 0 Å². The van der Waals surface area contributed by atoms with Crippen molar-refractivity contribution in [1.29, 1.82) is 0 Å². The Bertz CT molecular complexity index is 1510. The minimum absolute atomic E-state index is 0.754. The summed E-state index contributed by atoms with van der Waals surface area (Å²) in [5.74, 6) is 0. The third-order valence-corrected chi connectivity index (χ3v) is 5.38. The van der Waals surface area contributed by atoms with Crippen LogP contribution in [-0.4, -0.2) is 9.97 Å². The van der Waals surface area contributed by atoms with Gasteiger partial charge in [-0.25, -0.2) is 9.97 Å². The predicted molar refractivity (Wildman–Crippen MR) is 114 cm³/mol. The molecule has 0 aliphatic rings. The molecule has 28 heavy (non-hydrogen) atoms. The Balaban J connectivity index is 1.91. The summed E-state index contributed by atoms with van der Waals surface area (Å²) in [5.41, 5.74) is 7.59. The largest absolute Gasteiger partial charge is 0.452 e. The van der Waals surface area contributed by atoms with Crippen LogP contribution in [0.5, 0.6) is 0 Å². The Morgan fingerprint density at radius 3 is 2.25 bits per heavy atom. The maximum Gasteiger partial charge on any atom is 0.180 e. The summed E-state index contributed by atoms with van der Waals surface area (Å²) < 4.78 is 6.24. The fourth-order valence-electron chi connectivity index (χ4n) is 4.16. The van der Waals surface area contributed by atoms with Crippen LogP contribution in [-0.2, 0) is 0 Å². The van der Waals surface area contributed by atoms with Crippen molar-refractivity contribution in [2.24, 2.45) is 0 Å². The molecule has 0 radical (unpaired) electrons. The second kappa shape index (κ2) is 5.64. The summed E-state index contributed by atoms with van der Waals surface area (Å²) in [4.78, 5) is 9.97. The van der Waals surface area contributed by atoms with E-state index in [1.54, 1.807) is 0 Å². The zero-order valence-corrected chi connectivity index (χ0v) is 15.3. The van der Waals surface area contributed by atoms with Crippen LogP contribution in [0, 0.1) is 6.92 Å². The zero-order valence-electron chi connectivity index (χ0n) is 15.3. The smallest absolute Gasteiger partial charge is 0.180 e. The lowest BCUT2D eigenvalue weighted by Gasteiger charge is -2.13. The number of para-hydroxylation sites is 2. The zero-order chi connectivity index (χ0) is 18.7. The van der Waals surface area contributed by atoms with E-state index in [1.165, 1.54) is 0 Å². The molecule has 6 aromatic rings. The van der Waals surface area contributed by atoms with Gasteiger partial charge >= 0.3 is 0 Å². The minimum atomic E-state index is 0.754.